The number of nitrogen functional groups attached to an aromatic ring is 1. The molecule has 0 saturated heterocycles. The number of nitrogens with zero attached hydrogens (tertiary/aromatic N) is 2. The van der Waals surface area contributed by atoms with Gasteiger partial charge in [-0.1, -0.05) is 29.0 Å². The van der Waals surface area contributed by atoms with Crippen molar-refractivity contribution in [2.45, 2.75) is 25.1 Å². The highest BCUT2D eigenvalue weighted by atomic mass is 32.2. The summed E-state index contributed by atoms with van der Waals surface area (Å²) in [6.07, 6.45) is 0. The van der Waals surface area contributed by atoms with Gasteiger partial charge in [0.05, 0.1) is 5.69 Å². The summed E-state index contributed by atoms with van der Waals surface area (Å²) in [5.74, 6) is 0. The summed E-state index contributed by atoms with van der Waals surface area (Å²) < 4.78 is 26.7. The fourth-order valence-corrected chi connectivity index (χ4v) is 3.84. The van der Waals surface area contributed by atoms with Gasteiger partial charge in [0.2, 0.25) is 5.13 Å². The van der Waals surface area contributed by atoms with Crippen LogP contribution in [0, 0.1) is 20.8 Å². The minimum Gasteiger partial charge on any atom is -0.374 e. The third kappa shape index (κ3) is 2.85. The van der Waals surface area contributed by atoms with Crippen LogP contribution in [0.4, 0.5) is 10.8 Å². The van der Waals surface area contributed by atoms with Gasteiger partial charge in [0.1, 0.15) is 0 Å². The van der Waals surface area contributed by atoms with Gasteiger partial charge in [-0.05, 0) is 31.9 Å². The van der Waals surface area contributed by atoms with Crippen LogP contribution in [0.5, 0.6) is 0 Å². The average molecular weight is 298 g/mol. The molecule has 1 aromatic carbocycles. The molecule has 0 spiro atoms. The van der Waals surface area contributed by atoms with Gasteiger partial charge >= 0.3 is 0 Å². The highest BCUT2D eigenvalue weighted by Crippen LogP contribution is 2.26. The zero-order chi connectivity index (χ0) is 14.2. The largest absolute Gasteiger partial charge is 0.374 e. The summed E-state index contributed by atoms with van der Waals surface area (Å²) in [7, 11) is -3.74. The van der Waals surface area contributed by atoms with Crippen molar-refractivity contribution in [1.29, 1.82) is 0 Å². The topological polar surface area (TPSA) is 98.0 Å². The highest BCUT2D eigenvalue weighted by molar-refractivity contribution is 7.94. The first kappa shape index (κ1) is 13.8. The molecule has 2 rings (SSSR count). The molecular formula is C11H14N4O2S2. The Morgan fingerprint density at radius 3 is 2.21 bits per heavy atom. The Morgan fingerprint density at radius 1 is 1.16 bits per heavy atom. The predicted molar refractivity (Wildman–Crippen MR) is 75.8 cm³/mol. The molecule has 8 heteroatoms. The first-order valence-corrected chi connectivity index (χ1v) is 7.79. The van der Waals surface area contributed by atoms with Crippen LogP contribution >= 0.6 is 11.3 Å². The fourth-order valence-electron chi connectivity index (χ4n) is 1.85. The maximum atomic E-state index is 12.1. The fraction of sp³-hybridized carbons (Fsp3) is 0.273. The van der Waals surface area contributed by atoms with E-state index in [1.54, 1.807) is 0 Å². The Morgan fingerprint density at radius 2 is 1.74 bits per heavy atom. The summed E-state index contributed by atoms with van der Waals surface area (Å²) in [5, 5.41) is 7.19. The number of benzene rings is 1. The lowest BCUT2D eigenvalue weighted by Gasteiger charge is -2.12. The van der Waals surface area contributed by atoms with Crippen LogP contribution in [0.15, 0.2) is 16.5 Å². The second-order valence-corrected chi connectivity index (χ2v) is 7.15. The molecule has 0 fully saturated rings. The minimum atomic E-state index is -3.74. The SMILES string of the molecule is Cc1cc(C)c(NS(=O)(=O)c2nnc(N)s2)c(C)c1. The lowest BCUT2D eigenvalue weighted by molar-refractivity contribution is 0.599. The van der Waals surface area contributed by atoms with Gasteiger partial charge in [0, 0.05) is 0 Å². The van der Waals surface area contributed by atoms with E-state index < -0.39 is 10.0 Å². The molecule has 1 heterocycles. The molecule has 3 N–H and O–H groups in total. The minimum absolute atomic E-state index is 0.123. The molecule has 0 radical (unpaired) electrons. The third-order valence-electron chi connectivity index (χ3n) is 2.57. The van der Waals surface area contributed by atoms with Crippen LogP contribution in [0.3, 0.4) is 0 Å². The van der Waals surface area contributed by atoms with E-state index in [2.05, 4.69) is 14.9 Å². The summed E-state index contributed by atoms with van der Waals surface area (Å²) in [6.45, 7) is 5.67. The molecule has 1 aromatic heterocycles. The van der Waals surface area contributed by atoms with E-state index in [1.165, 1.54) is 0 Å². The standard InChI is InChI=1S/C11H14N4O2S2/c1-6-4-7(2)9(8(3)5-6)15-19(16,17)11-14-13-10(12)18-11/h4-5,15H,1-3H3,(H2,12,13). The van der Waals surface area contributed by atoms with Crippen LogP contribution in [0.25, 0.3) is 0 Å². The predicted octanol–water partition coefficient (Wildman–Crippen LogP) is 1.85. The van der Waals surface area contributed by atoms with E-state index in [0.29, 0.717) is 5.69 Å². The number of nitrogens with one attached hydrogen (secondary N) is 1. The lowest BCUT2D eigenvalue weighted by Crippen LogP contribution is -2.14. The number of rotatable bonds is 3. The van der Waals surface area contributed by atoms with Crippen molar-refractivity contribution in [3.63, 3.8) is 0 Å². The number of hydrogen-bond donors (Lipinski definition) is 2. The zero-order valence-electron chi connectivity index (χ0n) is 10.8. The number of hydrogen-bond acceptors (Lipinski definition) is 6. The van der Waals surface area contributed by atoms with E-state index >= 15 is 0 Å². The number of aryl methyl sites for hydroxylation is 3. The van der Waals surface area contributed by atoms with Crippen molar-refractivity contribution in [3.05, 3.63) is 28.8 Å². The van der Waals surface area contributed by atoms with Gasteiger partial charge in [-0.3, -0.25) is 4.72 Å². The van der Waals surface area contributed by atoms with Gasteiger partial charge in [-0.25, -0.2) is 0 Å². The first-order valence-electron chi connectivity index (χ1n) is 5.49. The van der Waals surface area contributed by atoms with Gasteiger partial charge in [-0.2, -0.15) is 8.42 Å². The Hall–Kier alpha value is -1.67. The summed E-state index contributed by atoms with van der Waals surface area (Å²) in [6, 6.07) is 3.83. The van der Waals surface area contributed by atoms with Crippen molar-refractivity contribution in [2.24, 2.45) is 0 Å². The van der Waals surface area contributed by atoms with Crippen molar-refractivity contribution in [2.75, 3.05) is 10.5 Å². The molecule has 6 nitrogen and oxygen atoms in total. The third-order valence-corrected chi connectivity index (χ3v) is 5.04. The Kier molecular flexibility index (Phi) is 3.46. The average Bonchev–Trinajstić information content (AvgIpc) is 2.71. The van der Waals surface area contributed by atoms with Crippen LogP contribution in [0.1, 0.15) is 16.7 Å². The maximum absolute atomic E-state index is 12.1. The van der Waals surface area contributed by atoms with Gasteiger partial charge in [0.15, 0.2) is 0 Å². The number of nitrogens with two attached hydrogens (primary N) is 1. The van der Waals surface area contributed by atoms with Crippen molar-refractivity contribution < 1.29 is 8.42 Å². The molecule has 19 heavy (non-hydrogen) atoms. The molecule has 102 valence electrons. The van der Waals surface area contributed by atoms with E-state index in [4.69, 9.17) is 5.73 Å². The number of sulfonamides is 1. The zero-order valence-corrected chi connectivity index (χ0v) is 12.4. The van der Waals surface area contributed by atoms with Gasteiger partial charge in [0.25, 0.3) is 14.4 Å². The molecule has 0 atom stereocenters. The van der Waals surface area contributed by atoms with Gasteiger partial charge < -0.3 is 5.73 Å². The Bertz CT molecular complexity index is 699. The second kappa shape index (κ2) is 4.78. The summed E-state index contributed by atoms with van der Waals surface area (Å²) >= 11 is 0.834. The molecule has 0 amide bonds. The van der Waals surface area contributed by atoms with Crippen molar-refractivity contribution >= 4 is 32.2 Å². The molecule has 0 aliphatic heterocycles. The first-order chi connectivity index (χ1) is 8.79. The van der Waals surface area contributed by atoms with Crippen molar-refractivity contribution in [3.8, 4) is 0 Å². The second-order valence-electron chi connectivity index (χ2n) is 4.29. The van der Waals surface area contributed by atoms with Gasteiger partial charge in [-0.15, -0.1) is 10.2 Å². The Labute approximate surface area is 115 Å². The molecular weight excluding hydrogens is 284 g/mol. The molecule has 0 bridgehead atoms. The Balaban J connectivity index is 2.41. The van der Waals surface area contributed by atoms with E-state index in [1.807, 2.05) is 32.9 Å². The number of anilines is 2. The van der Waals surface area contributed by atoms with Crippen LogP contribution in [-0.2, 0) is 10.0 Å². The molecule has 0 unspecified atom stereocenters. The normalized spacial score (nSPS) is 11.5. The maximum Gasteiger partial charge on any atom is 0.291 e. The molecule has 0 aliphatic rings. The van der Waals surface area contributed by atoms with Crippen molar-refractivity contribution in [1.82, 2.24) is 10.2 Å². The van der Waals surface area contributed by atoms with E-state index in [-0.39, 0.29) is 9.47 Å². The quantitative estimate of drug-likeness (QED) is 0.901. The summed E-state index contributed by atoms with van der Waals surface area (Å²) in [4.78, 5) is 0. The van der Waals surface area contributed by atoms with E-state index in [0.717, 1.165) is 28.0 Å². The highest BCUT2D eigenvalue weighted by Gasteiger charge is 2.21. The number of aromatic nitrogens is 2. The van der Waals surface area contributed by atoms with Crippen LogP contribution in [0.2, 0.25) is 0 Å². The van der Waals surface area contributed by atoms with E-state index in [9.17, 15) is 8.42 Å². The van der Waals surface area contributed by atoms with Crippen LogP contribution < -0.4 is 10.5 Å². The lowest BCUT2D eigenvalue weighted by atomic mass is 10.1. The smallest absolute Gasteiger partial charge is 0.291 e. The molecule has 2 aromatic rings. The molecule has 0 aliphatic carbocycles. The monoisotopic (exact) mass is 298 g/mol. The van der Waals surface area contributed by atoms with Crippen LogP contribution in [-0.4, -0.2) is 18.6 Å². The molecule has 0 saturated carbocycles. The summed E-state index contributed by atoms with van der Waals surface area (Å²) in [5.41, 5.74) is 8.77.